The summed E-state index contributed by atoms with van der Waals surface area (Å²) in [5.74, 6) is 0.612. The van der Waals surface area contributed by atoms with Crippen LogP contribution in [-0.4, -0.2) is 62.3 Å². The molecule has 7 nitrogen and oxygen atoms in total. The van der Waals surface area contributed by atoms with Gasteiger partial charge in [0.1, 0.15) is 0 Å². The third-order valence-corrected chi connectivity index (χ3v) is 5.60. The van der Waals surface area contributed by atoms with Crippen molar-refractivity contribution in [2.75, 3.05) is 33.3 Å². The predicted octanol–water partition coefficient (Wildman–Crippen LogP) is 2.80. The highest BCUT2D eigenvalue weighted by Gasteiger charge is 2.19. The van der Waals surface area contributed by atoms with Gasteiger partial charge in [0.05, 0.1) is 13.8 Å². The first-order chi connectivity index (χ1) is 13.9. The number of aromatic nitrogens is 4. The molecule has 2 aromatic heterocycles. The van der Waals surface area contributed by atoms with Gasteiger partial charge in [-0.05, 0) is 49.8 Å². The molecule has 0 atom stereocenters. The summed E-state index contributed by atoms with van der Waals surface area (Å²) in [6.45, 7) is 9.05. The van der Waals surface area contributed by atoms with E-state index < -0.39 is 0 Å². The number of rotatable bonds is 5. The van der Waals surface area contributed by atoms with Crippen LogP contribution in [0.25, 0.3) is 5.78 Å². The average molecular weight is 417 g/mol. The Morgan fingerprint density at radius 2 is 1.79 bits per heavy atom. The zero-order chi connectivity index (χ0) is 20.5. The highest BCUT2D eigenvalue weighted by atomic mass is 32.1. The number of fused-ring (bicyclic) bond motifs is 1. The molecule has 0 amide bonds. The number of benzene rings is 1. The fourth-order valence-corrected chi connectivity index (χ4v) is 4.05. The summed E-state index contributed by atoms with van der Waals surface area (Å²) < 4.78 is 23.4. The second kappa shape index (κ2) is 8.17. The van der Waals surface area contributed by atoms with E-state index in [0.717, 1.165) is 49.7 Å². The number of piperazine rings is 1. The fourth-order valence-electron chi connectivity index (χ4n) is 3.83. The van der Waals surface area contributed by atoms with Gasteiger partial charge in [-0.15, -0.1) is 0 Å². The molecule has 1 aliphatic heterocycles. The maximum atomic E-state index is 13.9. The van der Waals surface area contributed by atoms with Crippen molar-refractivity contribution in [2.45, 2.75) is 27.1 Å². The molecule has 9 heteroatoms. The minimum absolute atomic E-state index is 0.281. The Morgan fingerprint density at radius 1 is 1.07 bits per heavy atom. The number of nitrogens with zero attached hydrogens (tertiary/aromatic N) is 6. The highest BCUT2D eigenvalue weighted by molar-refractivity contribution is 7.71. The fraction of sp³-hybridized carbons (Fsp3) is 0.450. The molecule has 0 spiro atoms. The standard InChI is InChI=1S/C20H25FN6OS/c1-14-10-15(2)27-19(22-14)23-20(29)26(27)13-25-8-6-24(7-9-25)12-16-4-5-18(28-3)17(21)11-16/h4-5,10-11H,6-9,12-13H2,1-3H3. The molecule has 0 saturated carbocycles. The molecule has 3 aromatic rings. The van der Waals surface area contributed by atoms with Gasteiger partial charge in [0.15, 0.2) is 11.6 Å². The summed E-state index contributed by atoms with van der Waals surface area (Å²) in [5.41, 5.74) is 2.96. The number of hydrogen-bond acceptors (Lipinski definition) is 6. The zero-order valence-corrected chi connectivity index (χ0v) is 17.7. The van der Waals surface area contributed by atoms with Crippen LogP contribution in [0.1, 0.15) is 17.0 Å². The van der Waals surface area contributed by atoms with Crippen LogP contribution < -0.4 is 4.74 Å². The van der Waals surface area contributed by atoms with Crippen molar-refractivity contribution in [1.29, 1.82) is 0 Å². The lowest BCUT2D eigenvalue weighted by molar-refractivity contribution is 0.0964. The second-order valence-corrected chi connectivity index (χ2v) is 7.81. The van der Waals surface area contributed by atoms with E-state index in [-0.39, 0.29) is 11.6 Å². The van der Waals surface area contributed by atoms with Crippen molar-refractivity contribution in [1.82, 2.24) is 29.0 Å². The third-order valence-electron chi connectivity index (χ3n) is 5.30. The van der Waals surface area contributed by atoms with Gasteiger partial charge in [-0.1, -0.05) is 6.07 Å². The third kappa shape index (κ3) is 4.17. The second-order valence-electron chi connectivity index (χ2n) is 7.45. The highest BCUT2D eigenvalue weighted by Crippen LogP contribution is 2.19. The van der Waals surface area contributed by atoms with Gasteiger partial charge in [-0.25, -0.2) is 18.6 Å². The van der Waals surface area contributed by atoms with Crippen LogP contribution in [0.3, 0.4) is 0 Å². The Hall–Kier alpha value is -2.36. The zero-order valence-electron chi connectivity index (χ0n) is 16.9. The molecule has 154 valence electrons. The Balaban J connectivity index is 1.41. The van der Waals surface area contributed by atoms with E-state index in [0.29, 0.717) is 17.2 Å². The Morgan fingerprint density at radius 3 is 2.48 bits per heavy atom. The molecule has 0 bridgehead atoms. The van der Waals surface area contributed by atoms with Gasteiger partial charge in [-0.2, -0.15) is 4.98 Å². The van der Waals surface area contributed by atoms with E-state index in [1.165, 1.54) is 7.11 Å². The van der Waals surface area contributed by atoms with Gasteiger partial charge in [0.25, 0.3) is 5.78 Å². The Bertz CT molecular complexity index is 1090. The van der Waals surface area contributed by atoms with Crippen molar-refractivity contribution < 1.29 is 9.13 Å². The van der Waals surface area contributed by atoms with E-state index in [2.05, 4.69) is 19.8 Å². The summed E-state index contributed by atoms with van der Waals surface area (Å²) in [5, 5.41) is 0. The maximum Gasteiger partial charge on any atom is 0.252 e. The SMILES string of the molecule is COc1ccc(CN2CCN(Cn3c(=S)nc4nc(C)cc(C)n43)CC2)cc1F. The van der Waals surface area contributed by atoms with Crippen LogP contribution in [0.2, 0.25) is 0 Å². The van der Waals surface area contributed by atoms with Crippen LogP contribution in [0.4, 0.5) is 4.39 Å². The van der Waals surface area contributed by atoms with E-state index in [9.17, 15) is 4.39 Å². The molecule has 1 fully saturated rings. The number of ether oxygens (including phenoxy) is 1. The van der Waals surface area contributed by atoms with Crippen LogP contribution in [0, 0.1) is 24.4 Å². The van der Waals surface area contributed by atoms with Gasteiger partial charge in [0, 0.05) is 44.1 Å². The summed E-state index contributed by atoms with van der Waals surface area (Å²) in [7, 11) is 1.48. The van der Waals surface area contributed by atoms with E-state index in [1.807, 2.05) is 35.2 Å². The van der Waals surface area contributed by atoms with Gasteiger partial charge in [-0.3, -0.25) is 9.80 Å². The number of hydrogen-bond donors (Lipinski definition) is 0. The van der Waals surface area contributed by atoms with Crippen LogP contribution in [0.5, 0.6) is 5.75 Å². The van der Waals surface area contributed by atoms with Crippen molar-refractivity contribution in [3.8, 4) is 5.75 Å². The first-order valence-electron chi connectivity index (χ1n) is 9.65. The van der Waals surface area contributed by atoms with E-state index >= 15 is 0 Å². The Kier molecular flexibility index (Phi) is 5.62. The molecule has 1 aliphatic rings. The van der Waals surface area contributed by atoms with Crippen LogP contribution in [-0.2, 0) is 13.2 Å². The smallest absolute Gasteiger partial charge is 0.252 e. The van der Waals surface area contributed by atoms with E-state index in [4.69, 9.17) is 17.0 Å². The predicted molar refractivity (Wildman–Crippen MR) is 111 cm³/mol. The first kappa shape index (κ1) is 19.9. The van der Waals surface area contributed by atoms with E-state index in [1.54, 1.807) is 12.1 Å². The summed E-state index contributed by atoms with van der Waals surface area (Å²) >= 11 is 5.48. The molecule has 1 saturated heterocycles. The molecular weight excluding hydrogens is 391 g/mol. The lowest BCUT2D eigenvalue weighted by Gasteiger charge is -2.34. The van der Waals surface area contributed by atoms with Crippen LogP contribution >= 0.6 is 12.2 Å². The molecule has 4 rings (SSSR count). The molecule has 0 unspecified atom stereocenters. The monoisotopic (exact) mass is 416 g/mol. The summed E-state index contributed by atoms with van der Waals surface area (Å²) in [4.78, 5) is 13.6. The maximum absolute atomic E-state index is 13.9. The van der Waals surface area contributed by atoms with Gasteiger partial charge >= 0.3 is 0 Å². The molecular formula is C20H25FN6OS. The normalized spacial score (nSPS) is 15.9. The summed E-state index contributed by atoms with van der Waals surface area (Å²) in [6.07, 6.45) is 0. The van der Waals surface area contributed by atoms with Gasteiger partial charge in [0.2, 0.25) is 4.77 Å². The molecule has 29 heavy (non-hydrogen) atoms. The largest absolute Gasteiger partial charge is 0.494 e. The average Bonchev–Trinajstić information content (AvgIpc) is 2.98. The molecule has 0 radical (unpaired) electrons. The topological polar surface area (TPSA) is 50.8 Å². The lowest BCUT2D eigenvalue weighted by atomic mass is 10.2. The quantitative estimate of drug-likeness (QED) is 0.596. The van der Waals surface area contributed by atoms with Crippen molar-refractivity contribution >= 4 is 18.0 Å². The molecule has 0 N–H and O–H groups in total. The minimum atomic E-state index is -0.315. The van der Waals surface area contributed by atoms with Crippen molar-refractivity contribution in [3.63, 3.8) is 0 Å². The number of halogens is 1. The molecule has 1 aromatic carbocycles. The minimum Gasteiger partial charge on any atom is -0.494 e. The van der Waals surface area contributed by atoms with Gasteiger partial charge < -0.3 is 4.74 Å². The Labute approximate surface area is 174 Å². The van der Waals surface area contributed by atoms with Crippen molar-refractivity contribution in [2.24, 2.45) is 0 Å². The number of aryl methyl sites for hydroxylation is 2. The number of methoxy groups -OCH3 is 1. The van der Waals surface area contributed by atoms with Crippen LogP contribution in [0.15, 0.2) is 24.3 Å². The van der Waals surface area contributed by atoms with Crippen molar-refractivity contribution in [3.05, 3.63) is 51.8 Å². The molecule has 0 aliphatic carbocycles. The summed E-state index contributed by atoms with van der Waals surface area (Å²) in [6, 6.07) is 7.20. The first-order valence-corrected chi connectivity index (χ1v) is 10.1. The molecule has 3 heterocycles. The lowest BCUT2D eigenvalue weighted by Crippen LogP contribution is -2.46.